The van der Waals surface area contributed by atoms with Gasteiger partial charge in [0, 0.05) is 28.4 Å². The van der Waals surface area contributed by atoms with E-state index in [-0.39, 0.29) is 0 Å². The molecule has 1 rings (SSSR count). The molecule has 0 atom stereocenters. The third-order valence-electron chi connectivity index (χ3n) is 3.21. The predicted octanol–water partition coefficient (Wildman–Crippen LogP) is 4.25. The van der Waals surface area contributed by atoms with Gasteiger partial charge >= 0.3 is 5.97 Å². The molecule has 1 N–H and O–H groups in total. The second kappa shape index (κ2) is 8.93. The third kappa shape index (κ3) is 6.35. The van der Waals surface area contributed by atoms with Crippen LogP contribution in [0, 0.1) is 0 Å². The first kappa shape index (κ1) is 16.9. The van der Waals surface area contributed by atoms with Crippen molar-refractivity contribution in [3.8, 4) is 0 Å². The van der Waals surface area contributed by atoms with E-state index in [9.17, 15) is 4.79 Å². The van der Waals surface area contributed by atoms with Crippen LogP contribution in [0.4, 0.5) is 0 Å². The normalized spacial score (nSPS) is 11.8. The molecule has 20 heavy (non-hydrogen) atoms. The second-order valence-electron chi connectivity index (χ2n) is 5.25. The predicted molar refractivity (Wildman–Crippen MR) is 86.1 cm³/mol. The van der Waals surface area contributed by atoms with E-state index in [4.69, 9.17) is 5.11 Å². The summed E-state index contributed by atoms with van der Waals surface area (Å²) in [6.45, 7) is 8.76. The van der Waals surface area contributed by atoms with Crippen LogP contribution in [0.2, 0.25) is 0 Å². The van der Waals surface area contributed by atoms with E-state index in [0.29, 0.717) is 6.04 Å². The van der Waals surface area contributed by atoms with E-state index < -0.39 is 5.97 Å². The molecule has 0 spiro atoms. The fourth-order valence-electron chi connectivity index (χ4n) is 2.01. The maximum absolute atomic E-state index is 10.5. The average molecular weight is 295 g/mol. The SMILES string of the molecule is CCCCCN(Cc1ccc(C=CC(=O)O)s1)C(C)C. The van der Waals surface area contributed by atoms with Crippen molar-refractivity contribution in [2.24, 2.45) is 0 Å². The Hall–Kier alpha value is -1.13. The Kier molecular flexibility index (Phi) is 7.55. The number of carbonyl (C=O) groups is 1. The zero-order valence-electron chi connectivity index (χ0n) is 12.6. The van der Waals surface area contributed by atoms with Crippen LogP contribution in [-0.4, -0.2) is 28.6 Å². The lowest BCUT2D eigenvalue weighted by atomic mass is 10.2. The lowest BCUT2D eigenvalue weighted by Crippen LogP contribution is -2.30. The fourth-order valence-corrected chi connectivity index (χ4v) is 2.95. The van der Waals surface area contributed by atoms with Gasteiger partial charge in [0.25, 0.3) is 0 Å². The molecule has 0 saturated heterocycles. The van der Waals surface area contributed by atoms with E-state index in [1.165, 1.54) is 30.2 Å². The van der Waals surface area contributed by atoms with E-state index >= 15 is 0 Å². The van der Waals surface area contributed by atoms with Crippen LogP contribution in [0.5, 0.6) is 0 Å². The number of hydrogen-bond donors (Lipinski definition) is 1. The molecule has 0 amide bonds. The van der Waals surface area contributed by atoms with Crippen molar-refractivity contribution in [1.82, 2.24) is 4.90 Å². The van der Waals surface area contributed by atoms with Crippen molar-refractivity contribution in [3.63, 3.8) is 0 Å². The number of thiophene rings is 1. The monoisotopic (exact) mass is 295 g/mol. The first-order chi connectivity index (χ1) is 9.52. The van der Waals surface area contributed by atoms with Crippen molar-refractivity contribution >= 4 is 23.4 Å². The molecule has 0 unspecified atom stereocenters. The summed E-state index contributed by atoms with van der Waals surface area (Å²) in [5.74, 6) is -0.900. The maximum Gasteiger partial charge on any atom is 0.328 e. The Bertz CT molecular complexity index is 437. The summed E-state index contributed by atoms with van der Waals surface area (Å²) < 4.78 is 0. The summed E-state index contributed by atoms with van der Waals surface area (Å²) in [6, 6.07) is 4.62. The van der Waals surface area contributed by atoms with Gasteiger partial charge in [-0.25, -0.2) is 4.79 Å². The van der Waals surface area contributed by atoms with E-state index in [0.717, 1.165) is 18.0 Å². The van der Waals surface area contributed by atoms with Crippen LogP contribution in [-0.2, 0) is 11.3 Å². The number of aliphatic carboxylic acids is 1. The molecule has 0 fully saturated rings. The number of carboxylic acid groups (broad SMARTS) is 1. The van der Waals surface area contributed by atoms with Crippen LogP contribution in [0.1, 0.15) is 49.8 Å². The van der Waals surface area contributed by atoms with Gasteiger partial charge in [-0.3, -0.25) is 4.90 Å². The van der Waals surface area contributed by atoms with Crippen molar-refractivity contribution in [2.75, 3.05) is 6.54 Å². The highest BCUT2D eigenvalue weighted by Gasteiger charge is 2.10. The molecule has 1 aromatic rings. The standard InChI is InChI=1S/C16H25NO2S/c1-4-5-6-11-17(13(2)3)12-15-8-7-14(20-15)9-10-16(18)19/h7-10,13H,4-6,11-12H2,1-3H3,(H,18,19). The fraction of sp³-hybridized carbons (Fsp3) is 0.562. The lowest BCUT2D eigenvalue weighted by Gasteiger charge is -2.25. The van der Waals surface area contributed by atoms with E-state index in [1.807, 2.05) is 6.07 Å². The van der Waals surface area contributed by atoms with Crippen LogP contribution in [0.15, 0.2) is 18.2 Å². The number of hydrogen-bond acceptors (Lipinski definition) is 3. The molecule has 0 saturated carbocycles. The third-order valence-corrected chi connectivity index (χ3v) is 4.25. The van der Waals surface area contributed by atoms with Crippen molar-refractivity contribution < 1.29 is 9.90 Å². The summed E-state index contributed by atoms with van der Waals surface area (Å²) in [5.41, 5.74) is 0. The summed E-state index contributed by atoms with van der Waals surface area (Å²) in [7, 11) is 0. The molecule has 0 radical (unpaired) electrons. The number of nitrogens with zero attached hydrogens (tertiary/aromatic N) is 1. The van der Waals surface area contributed by atoms with Gasteiger partial charge in [-0.15, -0.1) is 11.3 Å². The van der Waals surface area contributed by atoms with Gasteiger partial charge in [-0.05, 0) is 45.0 Å². The van der Waals surface area contributed by atoms with E-state index in [2.05, 4.69) is 31.7 Å². The number of unbranched alkanes of at least 4 members (excludes halogenated alkanes) is 2. The summed E-state index contributed by atoms with van der Waals surface area (Å²) in [5, 5.41) is 8.63. The number of rotatable bonds is 9. The van der Waals surface area contributed by atoms with Crippen LogP contribution in [0.3, 0.4) is 0 Å². The maximum atomic E-state index is 10.5. The first-order valence-electron chi connectivity index (χ1n) is 7.26. The van der Waals surface area contributed by atoms with Gasteiger partial charge in [0.1, 0.15) is 0 Å². The highest BCUT2D eigenvalue weighted by atomic mass is 32.1. The molecule has 0 aromatic carbocycles. The molecule has 0 aliphatic rings. The Morgan fingerprint density at radius 2 is 2.15 bits per heavy atom. The quantitative estimate of drug-likeness (QED) is 0.547. The Labute approximate surface area is 125 Å². The summed E-state index contributed by atoms with van der Waals surface area (Å²) in [6.07, 6.45) is 6.62. The van der Waals surface area contributed by atoms with Crippen molar-refractivity contribution in [1.29, 1.82) is 0 Å². The topological polar surface area (TPSA) is 40.5 Å². The molecule has 1 aromatic heterocycles. The summed E-state index contributed by atoms with van der Waals surface area (Å²) in [4.78, 5) is 15.3. The van der Waals surface area contributed by atoms with Crippen molar-refractivity contribution in [2.45, 2.75) is 52.6 Å². The van der Waals surface area contributed by atoms with Gasteiger partial charge in [0.15, 0.2) is 0 Å². The largest absolute Gasteiger partial charge is 0.478 e. The second-order valence-corrected chi connectivity index (χ2v) is 6.45. The molecule has 0 aliphatic heterocycles. The molecular weight excluding hydrogens is 270 g/mol. The molecule has 3 nitrogen and oxygen atoms in total. The Morgan fingerprint density at radius 1 is 1.40 bits per heavy atom. The molecule has 0 bridgehead atoms. The minimum absolute atomic E-state index is 0.534. The average Bonchev–Trinajstić information content (AvgIpc) is 2.83. The van der Waals surface area contributed by atoms with Crippen LogP contribution >= 0.6 is 11.3 Å². The zero-order valence-corrected chi connectivity index (χ0v) is 13.4. The molecule has 112 valence electrons. The first-order valence-corrected chi connectivity index (χ1v) is 8.08. The molecule has 1 heterocycles. The van der Waals surface area contributed by atoms with Gasteiger partial charge in [0.05, 0.1) is 0 Å². The molecule has 4 heteroatoms. The van der Waals surface area contributed by atoms with E-state index in [1.54, 1.807) is 17.4 Å². The Balaban J connectivity index is 2.57. The molecular formula is C16H25NO2S. The number of carboxylic acids is 1. The highest BCUT2D eigenvalue weighted by Crippen LogP contribution is 2.21. The summed E-state index contributed by atoms with van der Waals surface area (Å²) >= 11 is 1.67. The minimum Gasteiger partial charge on any atom is -0.478 e. The van der Waals surface area contributed by atoms with Crippen LogP contribution in [0.25, 0.3) is 6.08 Å². The van der Waals surface area contributed by atoms with Gasteiger partial charge in [-0.2, -0.15) is 0 Å². The smallest absolute Gasteiger partial charge is 0.328 e. The van der Waals surface area contributed by atoms with Gasteiger partial charge < -0.3 is 5.11 Å². The zero-order chi connectivity index (χ0) is 15.0. The van der Waals surface area contributed by atoms with Gasteiger partial charge in [-0.1, -0.05) is 19.8 Å². The van der Waals surface area contributed by atoms with Crippen LogP contribution < -0.4 is 0 Å². The minimum atomic E-state index is -0.900. The van der Waals surface area contributed by atoms with Crippen molar-refractivity contribution in [3.05, 3.63) is 28.0 Å². The highest BCUT2D eigenvalue weighted by molar-refractivity contribution is 7.12. The van der Waals surface area contributed by atoms with Gasteiger partial charge in [0.2, 0.25) is 0 Å². The lowest BCUT2D eigenvalue weighted by molar-refractivity contribution is -0.131. The Morgan fingerprint density at radius 3 is 2.75 bits per heavy atom. The molecule has 0 aliphatic carbocycles.